The molecular weight excluding hydrogens is 343 g/mol. The van der Waals surface area contributed by atoms with Crippen LogP contribution < -0.4 is 10.9 Å². The smallest absolute Gasteiger partial charge is 0.336 e. The Hall–Kier alpha value is -2.57. The summed E-state index contributed by atoms with van der Waals surface area (Å²) in [6.07, 6.45) is 0. The molecule has 0 heterocycles. The van der Waals surface area contributed by atoms with Gasteiger partial charge in [-0.05, 0) is 30.3 Å². The zero-order valence-corrected chi connectivity index (χ0v) is 13.0. The number of rotatable bonds is 3. The number of amides is 2. The predicted octanol–water partition coefficient (Wildman–Crippen LogP) is 2.77. The Kier molecular flexibility index (Phi) is 5.20. The number of carboxylic acid groups (broad SMARTS) is 1. The highest BCUT2D eigenvalue weighted by Gasteiger charge is 2.17. The molecule has 0 aliphatic rings. The van der Waals surface area contributed by atoms with Crippen molar-refractivity contribution in [2.24, 2.45) is 0 Å². The molecule has 2 amide bonds. The fourth-order valence-corrected chi connectivity index (χ4v) is 2.28. The van der Waals surface area contributed by atoms with Crippen LogP contribution in [0.1, 0.15) is 31.1 Å². The first kappa shape index (κ1) is 16.8. The van der Waals surface area contributed by atoms with Gasteiger partial charge in [-0.25, -0.2) is 4.79 Å². The van der Waals surface area contributed by atoms with Crippen LogP contribution in [0.5, 0.6) is 0 Å². The van der Waals surface area contributed by atoms with E-state index in [4.69, 9.17) is 28.3 Å². The second-order valence-corrected chi connectivity index (χ2v) is 5.23. The number of hydrazine groups is 1. The van der Waals surface area contributed by atoms with Crippen molar-refractivity contribution in [3.8, 4) is 0 Å². The minimum atomic E-state index is -1.25. The van der Waals surface area contributed by atoms with Gasteiger partial charge in [0.2, 0.25) is 0 Å². The van der Waals surface area contributed by atoms with Gasteiger partial charge in [0.1, 0.15) is 0 Å². The van der Waals surface area contributed by atoms with Crippen molar-refractivity contribution in [3.05, 3.63) is 69.2 Å². The Balaban J connectivity index is 2.10. The highest BCUT2D eigenvalue weighted by molar-refractivity contribution is 6.36. The maximum absolute atomic E-state index is 12.0. The van der Waals surface area contributed by atoms with Crippen molar-refractivity contribution >= 4 is 41.0 Å². The second kappa shape index (κ2) is 7.13. The number of aromatic carboxylic acids is 1. The van der Waals surface area contributed by atoms with E-state index < -0.39 is 17.8 Å². The number of carbonyl (C=O) groups excluding carboxylic acids is 2. The molecule has 0 bridgehead atoms. The second-order valence-electron chi connectivity index (χ2n) is 4.38. The van der Waals surface area contributed by atoms with Crippen molar-refractivity contribution in [1.29, 1.82) is 0 Å². The number of hydrogen-bond acceptors (Lipinski definition) is 3. The molecule has 0 saturated heterocycles. The Morgan fingerprint density at radius 2 is 1.39 bits per heavy atom. The molecule has 2 aromatic rings. The first-order chi connectivity index (χ1) is 10.9. The van der Waals surface area contributed by atoms with Gasteiger partial charge in [0, 0.05) is 5.02 Å². The average Bonchev–Trinajstić information content (AvgIpc) is 2.52. The molecule has 0 aromatic heterocycles. The Labute approximate surface area is 141 Å². The van der Waals surface area contributed by atoms with Crippen LogP contribution >= 0.6 is 23.2 Å². The summed E-state index contributed by atoms with van der Waals surface area (Å²) in [6.45, 7) is 0. The topological polar surface area (TPSA) is 95.5 Å². The predicted molar refractivity (Wildman–Crippen MR) is 84.8 cm³/mol. The largest absolute Gasteiger partial charge is 0.478 e. The van der Waals surface area contributed by atoms with Crippen LogP contribution in [-0.4, -0.2) is 22.9 Å². The van der Waals surface area contributed by atoms with Crippen molar-refractivity contribution in [1.82, 2.24) is 10.9 Å². The third kappa shape index (κ3) is 4.00. The van der Waals surface area contributed by atoms with Crippen molar-refractivity contribution < 1.29 is 19.5 Å². The van der Waals surface area contributed by atoms with Crippen molar-refractivity contribution in [2.45, 2.75) is 0 Å². The maximum Gasteiger partial charge on any atom is 0.336 e. The number of halogens is 2. The van der Waals surface area contributed by atoms with E-state index in [1.54, 1.807) is 0 Å². The van der Waals surface area contributed by atoms with Crippen LogP contribution in [0, 0.1) is 0 Å². The van der Waals surface area contributed by atoms with Gasteiger partial charge in [-0.1, -0.05) is 35.3 Å². The Morgan fingerprint density at radius 1 is 0.826 bits per heavy atom. The van der Waals surface area contributed by atoms with Gasteiger partial charge in [0.05, 0.1) is 21.7 Å². The SMILES string of the molecule is O=C(NNC(=O)c1ccccc1C(=O)O)c1ccc(Cl)cc1Cl. The third-order valence-corrected chi connectivity index (χ3v) is 3.42. The molecule has 0 radical (unpaired) electrons. The molecule has 0 fully saturated rings. The summed E-state index contributed by atoms with van der Waals surface area (Å²) in [5.41, 5.74) is 4.16. The molecule has 0 spiro atoms. The van der Waals surface area contributed by atoms with Crippen LogP contribution in [0.2, 0.25) is 10.0 Å². The van der Waals surface area contributed by atoms with Gasteiger partial charge in [-0.2, -0.15) is 0 Å². The molecule has 0 atom stereocenters. The summed E-state index contributed by atoms with van der Waals surface area (Å²) < 4.78 is 0. The van der Waals surface area contributed by atoms with Gasteiger partial charge in [0.25, 0.3) is 11.8 Å². The molecule has 2 rings (SSSR count). The zero-order valence-electron chi connectivity index (χ0n) is 11.5. The van der Waals surface area contributed by atoms with E-state index in [0.717, 1.165) is 0 Å². The number of nitrogens with one attached hydrogen (secondary N) is 2. The minimum absolute atomic E-state index is 0.0810. The first-order valence-electron chi connectivity index (χ1n) is 6.28. The lowest BCUT2D eigenvalue weighted by atomic mass is 10.1. The van der Waals surface area contributed by atoms with Crippen LogP contribution in [-0.2, 0) is 0 Å². The molecule has 118 valence electrons. The molecule has 3 N–H and O–H groups in total. The highest BCUT2D eigenvalue weighted by atomic mass is 35.5. The van der Waals surface area contributed by atoms with E-state index >= 15 is 0 Å². The molecule has 23 heavy (non-hydrogen) atoms. The molecule has 6 nitrogen and oxygen atoms in total. The summed E-state index contributed by atoms with van der Waals surface area (Å²) in [6, 6.07) is 9.89. The maximum atomic E-state index is 12.0. The van der Waals surface area contributed by atoms with Crippen LogP contribution in [0.3, 0.4) is 0 Å². The van der Waals surface area contributed by atoms with Crippen LogP contribution in [0.15, 0.2) is 42.5 Å². The molecule has 2 aromatic carbocycles. The van der Waals surface area contributed by atoms with Gasteiger partial charge in [-0.15, -0.1) is 0 Å². The third-order valence-electron chi connectivity index (χ3n) is 2.87. The molecule has 0 aliphatic heterocycles. The summed E-state index contributed by atoms with van der Waals surface area (Å²) >= 11 is 11.6. The molecule has 0 saturated carbocycles. The average molecular weight is 353 g/mol. The van der Waals surface area contributed by atoms with Gasteiger partial charge < -0.3 is 5.11 Å². The van der Waals surface area contributed by atoms with E-state index in [2.05, 4.69) is 10.9 Å². The summed E-state index contributed by atoms with van der Waals surface area (Å²) in [7, 11) is 0. The number of hydrogen-bond donors (Lipinski definition) is 3. The number of benzene rings is 2. The Bertz CT molecular complexity index is 793. The quantitative estimate of drug-likeness (QED) is 0.740. The Morgan fingerprint density at radius 3 is 1.96 bits per heavy atom. The van der Waals surface area contributed by atoms with Crippen molar-refractivity contribution in [3.63, 3.8) is 0 Å². The standard InChI is InChI=1S/C15H10Cl2N2O4/c16-8-5-6-11(12(17)7-8)14(21)19-18-13(20)9-3-1-2-4-10(9)15(22)23/h1-7H,(H,18,20)(H,19,21)(H,22,23). The van der Waals surface area contributed by atoms with E-state index in [9.17, 15) is 14.4 Å². The van der Waals surface area contributed by atoms with E-state index in [1.807, 2.05) is 0 Å². The summed E-state index contributed by atoms with van der Waals surface area (Å²) in [5, 5.41) is 9.52. The summed E-state index contributed by atoms with van der Waals surface area (Å²) in [5.74, 6) is -2.67. The van der Waals surface area contributed by atoms with E-state index in [1.165, 1.54) is 42.5 Å². The monoisotopic (exact) mass is 352 g/mol. The number of carboxylic acids is 1. The normalized spacial score (nSPS) is 10.0. The lowest BCUT2D eigenvalue weighted by Gasteiger charge is -2.10. The lowest BCUT2D eigenvalue weighted by Crippen LogP contribution is -2.42. The summed E-state index contributed by atoms with van der Waals surface area (Å²) in [4.78, 5) is 35.0. The minimum Gasteiger partial charge on any atom is -0.478 e. The van der Waals surface area contributed by atoms with Crippen LogP contribution in [0.25, 0.3) is 0 Å². The zero-order chi connectivity index (χ0) is 17.0. The molecule has 0 unspecified atom stereocenters. The van der Waals surface area contributed by atoms with Gasteiger partial charge in [-0.3, -0.25) is 20.4 Å². The fourth-order valence-electron chi connectivity index (χ4n) is 1.79. The lowest BCUT2D eigenvalue weighted by molar-refractivity contribution is 0.0690. The molecule has 0 aliphatic carbocycles. The highest BCUT2D eigenvalue weighted by Crippen LogP contribution is 2.20. The molecular formula is C15H10Cl2N2O4. The number of carbonyl (C=O) groups is 3. The van der Waals surface area contributed by atoms with E-state index in [0.29, 0.717) is 5.02 Å². The van der Waals surface area contributed by atoms with E-state index in [-0.39, 0.29) is 21.7 Å². The van der Waals surface area contributed by atoms with Crippen LogP contribution in [0.4, 0.5) is 0 Å². The first-order valence-corrected chi connectivity index (χ1v) is 7.04. The fraction of sp³-hybridized carbons (Fsp3) is 0. The van der Waals surface area contributed by atoms with Gasteiger partial charge >= 0.3 is 5.97 Å². The van der Waals surface area contributed by atoms with Gasteiger partial charge in [0.15, 0.2) is 0 Å². The molecule has 8 heteroatoms. The van der Waals surface area contributed by atoms with Crippen molar-refractivity contribution in [2.75, 3.05) is 0 Å².